The summed E-state index contributed by atoms with van der Waals surface area (Å²) in [5, 5.41) is 42.4. The lowest BCUT2D eigenvalue weighted by Crippen LogP contribution is -2.66. The number of hydrogen-bond donors (Lipinski definition) is 7. The minimum atomic E-state index is -5.50. The van der Waals surface area contributed by atoms with E-state index in [9.17, 15) is 59.3 Å². The lowest BCUT2D eigenvalue weighted by atomic mass is 9.96. The average Bonchev–Trinajstić information content (AvgIpc) is 2.91. The van der Waals surface area contributed by atoms with Crippen LogP contribution in [0.4, 0.5) is 0 Å². The molecule has 25 heteroatoms. The van der Waals surface area contributed by atoms with Gasteiger partial charge in [-0.15, -0.1) is 0 Å². The SMILES string of the molecule is CCCO[C@@H]1O[C@@H](C)[C@@H](O)[C@@H](O[C@@H]2O[C@@H](C)[C@@H](O)[C@@H](O[C@@H]3O[C@@H](C)[C@@H](O)[C@@H](O)[C@@H]3OS(=O)(=O)O)[C@@H]2OS(=O)(=O)O)[C@@H]1OS(=O)(=O)O. The molecular weight excluding hydrogens is 700 g/mol. The van der Waals surface area contributed by atoms with Crippen LogP contribution in [0.2, 0.25) is 0 Å². The van der Waals surface area contributed by atoms with Crippen LogP contribution in [0.3, 0.4) is 0 Å². The first-order chi connectivity index (χ1) is 21.0. The van der Waals surface area contributed by atoms with Crippen molar-refractivity contribution in [2.75, 3.05) is 6.61 Å². The molecule has 3 fully saturated rings. The zero-order valence-electron chi connectivity index (χ0n) is 24.6. The summed E-state index contributed by atoms with van der Waals surface area (Å²) in [4.78, 5) is 0. The quantitative estimate of drug-likeness (QED) is 0.0898. The third-order valence-corrected chi connectivity index (χ3v) is 8.46. The molecule has 272 valence electrons. The fourth-order valence-corrected chi connectivity index (χ4v) is 6.36. The molecule has 3 saturated heterocycles. The predicted octanol–water partition coefficient (Wildman–Crippen LogP) is -3.57. The molecule has 0 aromatic rings. The maximum Gasteiger partial charge on any atom is 0.397 e. The molecule has 3 aliphatic heterocycles. The average molecular weight is 739 g/mol. The van der Waals surface area contributed by atoms with Crippen LogP contribution in [0.25, 0.3) is 0 Å². The fraction of sp³-hybridized carbons (Fsp3) is 1.00. The molecule has 0 aromatic heterocycles. The first-order valence-electron chi connectivity index (χ1n) is 13.6. The van der Waals surface area contributed by atoms with Crippen LogP contribution < -0.4 is 0 Å². The second-order valence-corrected chi connectivity index (χ2v) is 13.8. The molecule has 0 spiro atoms. The summed E-state index contributed by atoms with van der Waals surface area (Å²) in [6.45, 7) is 5.37. The summed E-state index contributed by atoms with van der Waals surface area (Å²) in [5.74, 6) is 0. The molecular formula is C21H38O22S3. The number of rotatable bonds is 13. The van der Waals surface area contributed by atoms with E-state index < -0.39 is 123 Å². The van der Waals surface area contributed by atoms with Gasteiger partial charge >= 0.3 is 31.2 Å². The minimum absolute atomic E-state index is 0.0355. The molecule has 3 aliphatic rings. The van der Waals surface area contributed by atoms with E-state index in [1.807, 2.05) is 0 Å². The molecule has 0 amide bonds. The summed E-state index contributed by atoms with van der Waals surface area (Å²) in [7, 11) is -16.2. The van der Waals surface area contributed by atoms with E-state index in [0.29, 0.717) is 6.42 Å². The Morgan fingerprint density at radius 2 is 0.870 bits per heavy atom. The summed E-state index contributed by atoms with van der Waals surface area (Å²) >= 11 is 0. The number of hydrogen-bond acceptors (Lipinski definition) is 19. The van der Waals surface area contributed by atoms with Crippen molar-refractivity contribution in [2.45, 2.75) is 126 Å². The maximum absolute atomic E-state index is 11.9. The Morgan fingerprint density at radius 1 is 0.522 bits per heavy atom. The largest absolute Gasteiger partial charge is 0.397 e. The van der Waals surface area contributed by atoms with Crippen LogP contribution in [0.1, 0.15) is 34.1 Å². The highest BCUT2D eigenvalue weighted by atomic mass is 32.3. The fourth-order valence-electron chi connectivity index (χ4n) is 4.91. The molecule has 22 nitrogen and oxygen atoms in total. The molecule has 15 atom stereocenters. The Balaban J connectivity index is 2.04. The van der Waals surface area contributed by atoms with Crippen LogP contribution in [0, 0.1) is 0 Å². The molecule has 0 radical (unpaired) electrons. The normalized spacial score (nSPS) is 43.0. The van der Waals surface area contributed by atoms with E-state index in [0.717, 1.165) is 0 Å². The van der Waals surface area contributed by atoms with Crippen LogP contribution in [0.15, 0.2) is 0 Å². The zero-order valence-corrected chi connectivity index (χ0v) is 27.0. The van der Waals surface area contributed by atoms with Gasteiger partial charge in [-0.3, -0.25) is 13.7 Å². The Morgan fingerprint density at radius 3 is 1.28 bits per heavy atom. The standard InChI is InChI=1S/C21H38O22S3/c1-5-6-35-19-17(42-45(29,30)31)14(11(23)8(3)36-19)40-21-18(43-46(32,33)34)15(12(24)9(4)38-21)39-20-16(41-44(26,27)28)13(25)10(22)7(2)37-20/h7-25H,5-6H2,1-4H3,(H,26,27,28)(H,29,30,31)(H,32,33,34)/t7-,8-,9-,10+,11+,12+,13+,14+,15+,16-,17-,18-,19+,20-,21-/m0/s1. The van der Waals surface area contributed by atoms with Gasteiger partial charge in [0.05, 0.1) is 18.3 Å². The first-order valence-corrected chi connectivity index (χ1v) is 17.7. The molecule has 0 unspecified atom stereocenters. The van der Waals surface area contributed by atoms with Crippen molar-refractivity contribution in [3.05, 3.63) is 0 Å². The van der Waals surface area contributed by atoms with Crippen LogP contribution in [-0.4, -0.2) is 158 Å². The number of aliphatic hydroxyl groups is 4. The molecule has 7 N–H and O–H groups in total. The Kier molecular flexibility index (Phi) is 13.3. The molecule has 3 heterocycles. The van der Waals surface area contributed by atoms with Gasteiger partial charge in [0.1, 0.15) is 36.6 Å². The van der Waals surface area contributed by atoms with Crippen LogP contribution in [0.5, 0.6) is 0 Å². The second-order valence-electron chi connectivity index (χ2n) is 10.6. The van der Waals surface area contributed by atoms with Crippen molar-refractivity contribution in [2.24, 2.45) is 0 Å². The van der Waals surface area contributed by atoms with Gasteiger partial charge in [0.2, 0.25) is 0 Å². The lowest BCUT2D eigenvalue weighted by Gasteiger charge is -2.48. The van der Waals surface area contributed by atoms with E-state index in [1.165, 1.54) is 20.8 Å². The lowest BCUT2D eigenvalue weighted by molar-refractivity contribution is -0.369. The predicted molar refractivity (Wildman–Crippen MR) is 142 cm³/mol. The third kappa shape index (κ3) is 10.4. The Hall–Kier alpha value is -0.790. The van der Waals surface area contributed by atoms with Gasteiger partial charge in [0, 0.05) is 6.61 Å². The van der Waals surface area contributed by atoms with Crippen molar-refractivity contribution in [3.63, 3.8) is 0 Å². The monoisotopic (exact) mass is 738 g/mol. The van der Waals surface area contributed by atoms with Crippen LogP contribution >= 0.6 is 0 Å². The summed E-state index contributed by atoms with van der Waals surface area (Å²) in [5.41, 5.74) is 0. The van der Waals surface area contributed by atoms with Crippen molar-refractivity contribution in [3.8, 4) is 0 Å². The summed E-state index contributed by atoms with van der Waals surface area (Å²) < 4.78 is 145. The van der Waals surface area contributed by atoms with Gasteiger partial charge in [-0.05, 0) is 27.2 Å². The second kappa shape index (κ2) is 15.4. The molecule has 0 bridgehead atoms. The minimum Gasteiger partial charge on any atom is -0.388 e. The van der Waals surface area contributed by atoms with Gasteiger partial charge in [0.25, 0.3) is 0 Å². The topological polar surface area (TPSA) is 327 Å². The maximum atomic E-state index is 11.9. The highest BCUT2D eigenvalue weighted by Gasteiger charge is 2.56. The Bertz CT molecular complexity index is 1330. The van der Waals surface area contributed by atoms with E-state index in [1.54, 1.807) is 6.92 Å². The summed E-state index contributed by atoms with van der Waals surface area (Å²) in [6, 6.07) is 0. The van der Waals surface area contributed by atoms with Crippen molar-refractivity contribution < 1.29 is 100 Å². The van der Waals surface area contributed by atoms with Crippen molar-refractivity contribution >= 4 is 31.2 Å². The molecule has 46 heavy (non-hydrogen) atoms. The highest BCUT2D eigenvalue weighted by Crippen LogP contribution is 2.36. The number of ether oxygens (including phenoxy) is 6. The Labute approximate surface area is 264 Å². The smallest absolute Gasteiger partial charge is 0.388 e. The van der Waals surface area contributed by atoms with Crippen molar-refractivity contribution in [1.82, 2.24) is 0 Å². The molecule has 0 aromatic carbocycles. The third-order valence-electron chi connectivity index (χ3n) is 7.07. The van der Waals surface area contributed by atoms with Gasteiger partial charge in [-0.2, -0.15) is 25.3 Å². The van der Waals surface area contributed by atoms with Gasteiger partial charge < -0.3 is 48.8 Å². The van der Waals surface area contributed by atoms with Crippen LogP contribution in [-0.2, 0) is 72.2 Å². The number of aliphatic hydroxyl groups excluding tert-OH is 4. The van der Waals surface area contributed by atoms with Gasteiger partial charge in [0.15, 0.2) is 37.2 Å². The van der Waals surface area contributed by atoms with E-state index in [2.05, 4.69) is 12.5 Å². The van der Waals surface area contributed by atoms with Crippen molar-refractivity contribution in [1.29, 1.82) is 0 Å². The zero-order chi connectivity index (χ0) is 34.9. The molecule has 3 rings (SSSR count). The molecule has 0 aliphatic carbocycles. The van der Waals surface area contributed by atoms with Gasteiger partial charge in [-0.25, -0.2) is 12.5 Å². The first kappa shape index (κ1) is 39.6. The molecule has 0 saturated carbocycles. The van der Waals surface area contributed by atoms with Gasteiger partial charge in [-0.1, -0.05) is 6.92 Å². The van der Waals surface area contributed by atoms with E-state index in [-0.39, 0.29) is 6.61 Å². The van der Waals surface area contributed by atoms with E-state index in [4.69, 9.17) is 28.4 Å². The highest BCUT2D eigenvalue weighted by molar-refractivity contribution is 7.81. The summed E-state index contributed by atoms with van der Waals surface area (Å²) in [6.07, 6.45) is -27.6. The van der Waals surface area contributed by atoms with E-state index >= 15 is 0 Å².